The first-order chi connectivity index (χ1) is 7.63. The zero-order chi connectivity index (χ0) is 12.0. The number of aromatic nitrogens is 2. The van der Waals surface area contributed by atoms with Crippen LogP contribution < -0.4 is 11.2 Å². The topological polar surface area (TPSA) is 92.0 Å². The maximum Gasteiger partial charge on any atom is 0.325 e. The quantitative estimate of drug-likeness (QED) is 0.514. The second-order valence-electron chi connectivity index (χ2n) is 2.77. The molecular weight excluding hydrogens is 212 g/mol. The first-order valence-electron chi connectivity index (χ1n) is 4.60. The van der Waals surface area contributed by atoms with Gasteiger partial charge in [-0.25, -0.2) is 4.79 Å². The summed E-state index contributed by atoms with van der Waals surface area (Å²) in [5.41, 5.74) is -1.08. The van der Waals surface area contributed by atoms with E-state index in [1.165, 1.54) is 6.20 Å². The number of esters is 1. The molecule has 6 nitrogen and oxygen atoms in total. The summed E-state index contributed by atoms with van der Waals surface area (Å²) in [5, 5.41) is 0. The number of rotatable bonds is 2. The van der Waals surface area contributed by atoms with Crippen LogP contribution in [0.1, 0.15) is 18.9 Å². The Morgan fingerprint density at radius 3 is 2.88 bits per heavy atom. The molecule has 0 aliphatic heterocycles. The van der Waals surface area contributed by atoms with Crippen molar-refractivity contribution in [2.45, 2.75) is 13.3 Å². The predicted molar refractivity (Wildman–Crippen MR) is 55.8 cm³/mol. The van der Waals surface area contributed by atoms with Crippen LogP contribution >= 0.6 is 0 Å². The summed E-state index contributed by atoms with van der Waals surface area (Å²) in [6.07, 6.45) is 1.10. The highest BCUT2D eigenvalue weighted by Crippen LogP contribution is 1.85. The number of aromatic amines is 2. The molecule has 0 aromatic carbocycles. The molecule has 0 bridgehead atoms. The van der Waals surface area contributed by atoms with Gasteiger partial charge >= 0.3 is 11.7 Å². The maximum atomic E-state index is 11.1. The van der Waals surface area contributed by atoms with E-state index in [4.69, 9.17) is 0 Å². The Labute approximate surface area is 90.7 Å². The predicted octanol–water partition coefficient (Wildman–Crippen LogP) is -0.632. The number of carbonyl (C=O) groups is 1. The summed E-state index contributed by atoms with van der Waals surface area (Å²) in [6, 6.07) is 0. The SMILES string of the molecule is CCOC(=O)CC#Cc1c[nH]c(=O)[nH]c1=O. The van der Waals surface area contributed by atoms with Crippen molar-refractivity contribution in [1.82, 2.24) is 9.97 Å². The van der Waals surface area contributed by atoms with Crippen molar-refractivity contribution >= 4 is 5.97 Å². The Balaban J connectivity index is 2.74. The van der Waals surface area contributed by atoms with Gasteiger partial charge in [-0.15, -0.1) is 0 Å². The van der Waals surface area contributed by atoms with Gasteiger partial charge in [-0.2, -0.15) is 0 Å². The van der Waals surface area contributed by atoms with Gasteiger partial charge < -0.3 is 9.72 Å². The minimum Gasteiger partial charge on any atom is -0.465 e. The molecule has 16 heavy (non-hydrogen) atoms. The highest BCUT2D eigenvalue weighted by atomic mass is 16.5. The number of hydrogen-bond acceptors (Lipinski definition) is 4. The number of hydrogen-bond donors (Lipinski definition) is 2. The number of H-pyrrole nitrogens is 2. The first-order valence-corrected chi connectivity index (χ1v) is 4.60. The Hall–Kier alpha value is -2.29. The largest absolute Gasteiger partial charge is 0.465 e. The molecule has 2 N–H and O–H groups in total. The van der Waals surface area contributed by atoms with Crippen molar-refractivity contribution in [2.75, 3.05) is 6.61 Å². The average Bonchev–Trinajstić information content (AvgIpc) is 2.22. The third-order valence-corrected chi connectivity index (χ3v) is 1.58. The van der Waals surface area contributed by atoms with E-state index < -0.39 is 17.2 Å². The van der Waals surface area contributed by atoms with Crippen LogP contribution in [0.4, 0.5) is 0 Å². The van der Waals surface area contributed by atoms with Gasteiger partial charge in [-0.05, 0) is 6.92 Å². The van der Waals surface area contributed by atoms with Crippen molar-refractivity contribution < 1.29 is 9.53 Å². The Bertz CT molecular complexity index is 544. The molecule has 0 spiro atoms. The fourth-order valence-corrected chi connectivity index (χ4v) is 0.926. The average molecular weight is 222 g/mol. The summed E-state index contributed by atoms with van der Waals surface area (Å²) in [4.78, 5) is 37.0. The highest BCUT2D eigenvalue weighted by Gasteiger charge is 1.98. The molecule has 1 aromatic heterocycles. The van der Waals surface area contributed by atoms with E-state index >= 15 is 0 Å². The van der Waals surface area contributed by atoms with Gasteiger partial charge in [0.05, 0.1) is 6.61 Å². The van der Waals surface area contributed by atoms with Gasteiger partial charge in [0.25, 0.3) is 5.56 Å². The number of nitrogens with one attached hydrogen (secondary N) is 2. The normalized spacial score (nSPS) is 9.06. The zero-order valence-electron chi connectivity index (χ0n) is 8.62. The van der Waals surface area contributed by atoms with E-state index in [2.05, 4.69) is 21.6 Å². The second-order valence-corrected chi connectivity index (χ2v) is 2.77. The second kappa shape index (κ2) is 5.56. The van der Waals surface area contributed by atoms with Crippen LogP contribution in [0.5, 0.6) is 0 Å². The molecule has 1 rings (SSSR count). The van der Waals surface area contributed by atoms with E-state index in [1.54, 1.807) is 6.92 Å². The van der Waals surface area contributed by atoms with Crippen LogP contribution in [0.25, 0.3) is 0 Å². The summed E-state index contributed by atoms with van der Waals surface area (Å²) in [5.74, 6) is 4.50. The molecule has 0 unspecified atom stereocenters. The maximum absolute atomic E-state index is 11.1. The van der Waals surface area contributed by atoms with E-state index in [0.717, 1.165) is 0 Å². The van der Waals surface area contributed by atoms with Crippen LogP contribution in [-0.4, -0.2) is 22.5 Å². The van der Waals surface area contributed by atoms with Gasteiger partial charge in [-0.1, -0.05) is 11.8 Å². The van der Waals surface area contributed by atoms with Crippen LogP contribution in [0.3, 0.4) is 0 Å². The molecule has 0 atom stereocenters. The van der Waals surface area contributed by atoms with Gasteiger partial charge in [0, 0.05) is 6.20 Å². The Morgan fingerprint density at radius 2 is 2.25 bits per heavy atom. The highest BCUT2D eigenvalue weighted by molar-refractivity contribution is 5.72. The monoisotopic (exact) mass is 222 g/mol. The third kappa shape index (κ3) is 3.46. The van der Waals surface area contributed by atoms with Crippen molar-refractivity contribution in [3.05, 3.63) is 32.6 Å². The zero-order valence-corrected chi connectivity index (χ0v) is 8.62. The molecule has 0 saturated carbocycles. The van der Waals surface area contributed by atoms with E-state index in [9.17, 15) is 14.4 Å². The third-order valence-electron chi connectivity index (χ3n) is 1.58. The molecule has 1 aromatic rings. The van der Waals surface area contributed by atoms with E-state index in [1.807, 2.05) is 4.98 Å². The molecular formula is C10H10N2O4. The van der Waals surface area contributed by atoms with Crippen LogP contribution in [0, 0.1) is 11.8 Å². The molecule has 1 heterocycles. The Morgan fingerprint density at radius 1 is 1.50 bits per heavy atom. The van der Waals surface area contributed by atoms with E-state index in [-0.39, 0.29) is 12.0 Å². The standard InChI is InChI=1S/C10H10N2O4/c1-2-16-8(13)5-3-4-7-6-11-10(15)12-9(7)14/h6H,2,5H2,1H3,(H2,11,12,14,15). The van der Waals surface area contributed by atoms with Gasteiger partial charge in [0.2, 0.25) is 0 Å². The lowest BCUT2D eigenvalue weighted by Gasteiger charge is -1.94. The molecule has 0 radical (unpaired) electrons. The molecule has 0 amide bonds. The number of carbonyl (C=O) groups excluding carboxylic acids is 1. The Kier molecular flexibility index (Phi) is 4.09. The molecule has 84 valence electrons. The van der Waals surface area contributed by atoms with Gasteiger partial charge in [0.15, 0.2) is 0 Å². The number of ether oxygens (including phenoxy) is 1. The van der Waals surface area contributed by atoms with Crippen LogP contribution in [0.15, 0.2) is 15.8 Å². The lowest BCUT2D eigenvalue weighted by atomic mass is 10.3. The fourth-order valence-electron chi connectivity index (χ4n) is 0.926. The molecule has 0 aliphatic rings. The minimum absolute atomic E-state index is 0.0909. The summed E-state index contributed by atoms with van der Waals surface area (Å²) < 4.78 is 4.64. The smallest absolute Gasteiger partial charge is 0.325 e. The van der Waals surface area contributed by atoms with E-state index in [0.29, 0.717) is 6.61 Å². The van der Waals surface area contributed by atoms with Crippen molar-refractivity contribution in [3.8, 4) is 11.8 Å². The molecule has 0 aliphatic carbocycles. The summed E-state index contributed by atoms with van der Waals surface area (Å²) >= 11 is 0. The minimum atomic E-state index is -0.596. The van der Waals surface area contributed by atoms with Crippen molar-refractivity contribution in [1.29, 1.82) is 0 Å². The first kappa shape index (κ1) is 11.8. The summed E-state index contributed by atoms with van der Waals surface area (Å²) in [7, 11) is 0. The summed E-state index contributed by atoms with van der Waals surface area (Å²) in [6.45, 7) is 1.98. The lowest BCUT2D eigenvalue weighted by molar-refractivity contribution is -0.141. The van der Waals surface area contributed by atoms with Crippen LogP contribution in [-0.2, 0) is 9.53 Å². The fraction of sp³-hybridized carbons (Fsp3) is 0.300. The van der Waals surface area contributed by atoms with Crippen molar-refractivity contribution in [3.63, 3.8) is 0 Å². The lowest BCUT2D eigenvalue weighted by Crippen LogP contribution is -2.23. The van der Waals surface area contributed by atoms with Crippen LogP contribution in [0.2, 0.25) is 0 Å². The van der Waals surface area contributed by atoms with Crippen molar-refractivity contribution in [2.24, 2.45) is 0 Å². The van der Waals surface area contributed by atoms with Gasteiger partial charge in [-0.3, -0.25) is 14.6 Å². The molecule has 0 fully saturated rings. The molecule has 6 heteroatoms. The van der Waals surface area contributed by atoms with Gasteiger partial charge in [0.1, 0.15) is 12.0 Å². The molecule has 0 saturated heterocycles.